The standard InChI is InChI=1S/C8H7BrClNS/c9-6-2-1-5(3-7(6)10)4-8(11)12/h1-3H,4H2,(H2,11,12). The Bertz CT molecular complexity index is 314. The van der Waals surface area contributed by atoms with Gasteiger partial charge in [0.15, 0.2) is 0 Å². The molecule has 1 rings (SSSR count). The molecule has 0 fully saturated rings. The summed E-state index contributed by atoms with van der Waals surface area (Å²) in [7, 11) is 0. The second kappa shape index (κ2) is 4.21. The molecule has 0 saturated heterocycles. The molecule has 1 aromatic rings. The number of rotatable bonds is 2. The zero-order valence-electron chi connectivity index (χ0n) is 6.18. The first-order valence-electron chi connectivity index (χ1n) is 3.32. The van der Waals surface area contributed by atoms with Crippen LogP contribution in [0, 0.1) is 0 Å². The fourth-order valence-electron chi connectivity index (χ4n) is 0.851. The molecule has 64 valence electrons. The van der Waals surface area contributed by atoms with Crippen LogP contribution in [0.1, 0.15) is 5.56 Å². The van der Waals surface area contributed by atoms with Gasteiger partial charge in [0.05, 0.1) is 10.0 Å². The Morgan fingerprint density at radius 3 is 2.75 bits per heavy atom. The van der Waals surface area contributed by atoms with Crippen LogP contribution in [0.4, 0.5) is 0 Å². The Balaban J connectivity index is 2.89. The zero-order valence-corrected chi connectivity index (χ0v) is 9.34. The molecule has 0 aliphatic heterocycles. The average Bonchev–Trinajstić information content (AvgIpc) is 1.96. The average molecular weight is 265 g/mol. The quantitative estimate of drug-likeness (QED) is 0.831. The van der Waals surface area contributed by atoms with Crippen LogP contribution in [0.2, 0.25) is 5.02 Å². The largest absolute Gasteiger partial charge is 0.393 e. The maximum absolute atomic E-state index is 5.87. The third kappa shape index (κ3) is 2.73. The van der Waals surface area contributed by atoms with E-state index in [0.29, 0.717) is 16.4 Å². The molecule has 0 unspecified atom stereocenters. The molecule has 0 radical (unpaired) electrons. The Morgan fingerprint density at radius 1 is 1.58 bits per heavy atom. The molecule has 0 aromatic heterocycles. The molecule has 0 spiro atoms. The van der Waals surface area contributed by atoms with Crippen LogP contribution >= 0.6 is 39.7 Å². The van der Waals surface area contributed by atoms with Crippen molar-refractivity contribution < 1.29 is 0 Å². The Hall–Kier alpha value is -0.120. The van der Waals surface area contributed by atoms with Crippen LogP contribution < -0.4 is 5.73 Å². The maximum atomic E-state index is 5.87. The lowest BCUT2D eigenvalue weighted by atomic mass is 10.1. The van der Waals surface area contributed by atoms with Gasteiger partial charge in [-0.2, -0.15) is 0 Å². The molecule has 1 nitrogen and oxygen atoms in total. The van der Waals surface area contributed by atoms with E-state index in [4.69, 9.17) is 29.6 Å². The monoisotopic (exact) mass is 263 g/mol. The fraction of sp³-hybridized carbons (Fsp3) is 0.125. The molecule has 4 heteroatoms. The first-order chi connectivity index (χ1) is 5.59. The highest BCUT2D eigenvalue weighted by atomic mass is 79.9. The lowest BCUT2D eigenvalue weighted by Gasteiger charge is -2.01. The van der Waals surface area contributed by atoms with Crippen molar-refractivity contribution in [3.63, 3.8) is 0 Å². The molecule has 0 bridgehead atoms. The molecule has 0 atom stereocenters. The van der Waals surface area contributed by atoms with Gasteiger partial charge in [-0.05, 0) is 33.6 Å². The van der Waals surface area contributed by atoms with Crippen LogP contribution in [0.15, 0.2) is 22.7 Å². The second-order valence-electron chi connectivity index (χ2n) is 2.39. The fourth-order valence-corrected chi connectivity index (χ4v) is 1.47. The van der Waals surface area contributed by atoms with Gasteiger partial charge in [0, 0.05) is 10.9 Å². The Morgan fingerprint density at radius 2 is 2.25 bits per heavy atom. The first kappa shape index (κ1) is 9.96. The lowest BCUT2D eigenvalue weighted by molar-refractivity contribution is 1.32. The van der Waals surface area contributed by atoms with E-state index in [1.54, 1.807) is 0 Å². The summed E-state index contributed by atoms with van der Waals surface area (Å²) in [6, 6.07) is 5.68. The van der Waals surface area contributed by atoms with Gasteiger partial charge >= 0.3 is 0 Å². The van der Waals surface area contributed by atoms with Crippen molar-refractivity contribution in [2.24, 2.45) is 5.73 Å². The van der Waals surface area contributed by atoms with E-state index in [0.717, 1.165) is 10.0 Å². The van der Waals surface area contributed by atoms with E-state index >= 15 is 0 Å². The van der Waals surface area contributed by atoms with E-state index in [1.165, 1.54) is 0 Å². The number of thiocarbonyl (C=S) groups is 1. The third-order valence-corrected chi connectivity index (χ3v) is 2.74. The topological polar surface area (TPSA) is 26.0 Å². The minimum absolute atomic E-state index is 0.480. The molecule has 0 aliphatic carbocycles. The van der Waals surface area contributed by atoms with Crippen molar-refractivity contribution in [3.05, 3.63) is 33.3 Å². The number of nitrogens with two attached hydrogens (primary N) is 1. The van der Waals surface area contributed by atoms with Crippen molar-refractivity contribution >= 4 is 44.7 Å². The number of hydrogen-bond donors (Lipinski definition) is 1. The van der Waals surface area contributed by atoms with Crippen molar-refractivity contribution in [1.29, 1.82) is 0 Å². The summed E-state index contributed by atoms with van der Waals surface area (Å²) >= 11 is 13.9. The van der Waals surface area contributed by atoms with Crippen LogP contribution in [0.25, 0.3) is 0 Å². The van der Waals surface area contributed by atoms with Gasteiger partial charge in [-0.25, -0.2) is 0 Å². The van der Waals surface area contributed by atoms with E-state index in [2.05, 4.69) is 15.9 Å². The van der Waals surface area contributed by atoms with Crippen molar-refractivity contribution in [1.82, 2.24) is 0 Å². The Kier molecular flexibility index (Phi) is 3.50. The van der Waals surface area contributed by atoms with Gasteiger partial charge in [-0.15, -0.1) is 0 Å². The summed E-state index contributed by atoms with van der Waals surface area (Å²) in [5.74, 6) is 0. The van der Waals surface area contributed by atoms with Crippen LogP contribution in [-0.2, 0) is 6.42 Å². The van der Waals surface area contributed by atoms with Gasteiger partial charge in [0.1, 0.15) is 0 Å². The number of hydrogen-bond acceptors (Lipinski definition) is 1. The minimum Gasteiger partial charge on any atom is -0.393 e. The molecule has 0 aliphatic rings. The number of halogens is 2. The Labute approximate surface area is 90.0 Å². The minimum atomic E-state index is 0.480. The summed E-state index contributed by atoms with van der Waals surface area (Å²) in [5.41, 5.74) is 6.43. The van der Waals surface area contributed by atoms with Crippen LogP contribution in [-0.4, -0.2) is 4.99 Å². The smallest absolute Gasteiger partial charge is 0.0771 e. The molecule has 2 N–H and O–H groups in total. The van der Waals surface area contributed by atoms with Crippen LogP contribution in [0.3, 0.4) is 0 Å². The van der Waals surface area contributed by atoms with E-state index < -0.39 is 0 Å². The predicted octanol–water partition coefficient (Wildman–Crippen LogP) is 2.93. The lowest BCUT2D eigenvalue weighted by Crippen LogP contribution is -2.10. The zero-order chi connectivity index (χ0) is 9.14. The van der Waals surface area contributed by atoms with Crippen molar-refractivity contribution in [2.45, 2.75) is 6.42 Å². The molecule has 0 heterocycles. The van der Waals surface area contributed by atoms with E-state index in [-0.39, 0.29) is 0 Å². The van der Waals surface area contributed by atoms with Gasteiger partial charge in [-0.3, -0.25) is 0 Å². The highest BCUT2D eigenvalue weighted by Crippen LogP contribution is 2.23. The highest BCUT2D eigenvalue weighted by Gasteiger charge is 1.99. The SMILES string of the molecule is NC(=S)Cc1ccc(Br)c(Cl)c1. The molecule has 0 amide bonds. The summed E-state index contributed by atoms with van der Waals surface area (Å²) < 4.78 is 0.885. The van der Waals surface area contributed by atoms with Crippen LogP contribution in [0.5, 0.6) is 0 Å². The highest BCUT2D eigenvalue weighted by molar-refractivity contribution is 9.10. The molecule has 0 saturated carbocycles. The van der Waals surface area contributed by atoms with E-state index in [1.807, 2.05) is 18.2 Å². The predicted molar refractivity (Wildman–Crippen MR) is 59.6 cm³/mol. The summed E-state index contributed by atoms with van der Waals surface area (Å²) in [4.78, 5) is 0.480. The molecule has 12 heavy (non-hydrogen) atoms. The van der Waals surface area contributed by atoms with Gasteiger partial charge in [0.2, 0.25) is 0 Å². The van der Waals surface area contributed by atoms with Gasteiger partial charge < -0.3 is 5.73 Å². The summed E-state index contributed by atoms with van der Waals surface area (Å²) in [5, 5.41) is 0.684. The first-order valence-corrected chi connectivity index (χ1v) is 4.90. The van der Waals surface area contributed by atoms with Gasteiger partial charge in [-0.1, -0.05) is 29.9 Å². The third-order valence-electron chi connectivity index (χ3n) is 1.36. The second-order valence-corrected chi connectivity index (χ2v) is 4.18. The normalized spacial score (nSPS) is 9.83. The van der Waals surface area contributed by atoms with E-state index in [9.17, 15) is 0 Å². The maximum Gasteiger partial charge on any atom is 0.0771 e. The van der Waals surface area contributed by atoms with Crippen molar-refractivity contribution in [2.75, 3.05) is 0 Å². The van der Waals surface area contributed by atoms with Crippen molar-refractivity contribution in [3.8, 4) is 0 Å². The molecular weight excluding hydrogens is 258 g/mol. The summed E-state index contributed by atoms with van der Waals surface area (Å²) in [6.45, 7) is 0. The molecular formula is C8H7BrClNS. The summed E-state index contributed by atoms with van der Waals surface area (Å²) in [6.07, 6.45) is 0.600. The van der Waals surface area contributed by atoms with Gasteiger partial charge in [0.25, 0.3) is 0 Å². The number of benzene rings is 1. The molecule has 1 aromatic carbocycles.